The molecule has 1 atom stereocenters. The summed E-state index contributed by atoms with van der Waals surface area (Å²) in [7, 11) is 0. The fraction of sp³-hybridized carbons (Fsp3) is 0.381. The van der Waals surface area contributed by atoms with Gasteiger partial charge < -0.3 is 10.6 Å². The van der Waals surface area contributed by atoms with E-state index in [1.807, 2.05) is 31.2 Å². The summed E-state index contributed by atoms with van der Waals surface area (Å²) < 4.78 is 0.940. The summed E-state index contributed by atoms with van der Waals surface area (Å²) in [6.07, 6.45) is 0.714. The lowest BCUT2D eigenvalue weighted by atomic mass is 9.81. The number of dihydropyridines is 1. The molecule has 2 rings (SSSR count). The summed E-state index contributed by atoms with van der Waals surface area (Å²) in [5.74, 6) is 0.0841. The second-order valence-electron chi connectivity index (χ2n) is 7.10. The summed E-state index contributed by atoms with van der Waals surface area (Å²) in [5.41, 5.74) is 2.67. The highest BCUT2D eigenvalue weighted by molar-refractivity contribution is 9.10. The molecule has 1 heterocycles. The number of rotatable bonds is 7. The number of allylic oxidation sites excluding steroid dienone is 3. The van der Waals surface area contributed by atoms with Crippen LogP contribution >= 0.6 is 27.7 Å². The van der Waals surface area contributed by atoms with Crippen LogP contribution in [0.4, 0.5) is 5.69 Å². The molecular formula is C21H24BrN3O2S. The van der Waals surface area contributed by atoms with Gasteiger partial charge in [-0.15, -0.1) is 0 Å². The molecule has 1 aromatic carbocycles. The van der Waals surface area contributed by atoms with E-state index in [0.717, 1.165) is 10.2 Å². The maximum Gasteiger partial charge on any atom is 0.234 e. The fourth-order valence-electron chi connectivity index (χ4n) is 3.20. The predicted octanol–water partition coefficient (Wildman–Crippen LogP) is 4.98. The zero-order valence-corrected chi connectivity index (χ0v) is 18.8. The normalized spacial score (nSPS) is 16.7. The third-order valence-electron chi connectivity index (χ3n) is 4.33. The van der Waals surface area contributed by atoms with Crippen LogP contribution in [0.1, 0.15) is 34.1 Å². The van der Waals surface area contributed by atoms with E-state index in [2.05, 4.69) is 46.5 Å². The molecule has 0 aliphatic carbocycles. The first kappa shape index (κ1) is 22.3. The summed E-state index contributed by atoms with van der Waals surface area (Å²) in [4.78, 5) is 24.5. The average molecular weight is 462 g/mol. The van der Waals surface area contributed by atoms with Crippen molar-refractivity contribution in [3.05, 3.63) is 50.6 Å². The highest BCUT2D eigenvalue weighted by atomic mass is 79.9. The summed E-state index contributed by atoms with van der Waals surface area (Å²) >= 11 is 4.65. The van der Waals surface area contributed by atoms with E-state index >= 15 is 0 Å². The molecule has 2 N–H and O–H groups in total. The van der Waals surface area contributed by atoms with E-state index in [1.54, 1.807) is 0 Å². The Morgan fingerprint density at radius 1 is 1.32 bits per heavy atom. The van der Waals surface area contributed by atoms with Crippen molar-refractivity contribution in [3.8, 4) is 6.07 Å². The minimum atomic E-state index is -0.235. The number of hydrogen-bond donors (Lipinski definition) is 2. The van der Waals surface area contributed by atoms with Crippen molar-refractivity contribution in [2.75, 3.05) is 11.1 Å². The van der Waals surface area contributed by atoms with Crippen molar-refractivity contribution in [3.63, 3.8) is 0 Å². The standard InChI is InChI=1S/C21H24BrN3O2S/c1-12(2)9-17-18(10-23)21(24-13(3)20(17)14(4)26)28-11-19(27)25-16-7-5-15(22)6-8-16/h5-8,12,17,24H,9,11H2,1-4H3,(H,25,27)/t17-/m1/s1. The second-order valence-corrected chi connectivity index (χ2v) is 9.00. The molecule has 0 saturated carbocycles. The number of amides is 1. The van der Waals surface area contributed by atoms with Crippen LogP contribution in [-0.2, 0) is 9.59 Å². The summed E-state index contributed by atoms with van der Waals surface area (Å²) in [6.45, 7) is 7.53. The maximum atomic E-state index is 12.3. The quantitative estimate of drug-likeness (QED) is 0.597. The van der Waals surface area contributed by atoms with Crippen LogP contribution in [0.15, 0.2) is 50.6 Å². The number of carbonyl (C=O) groups excluding carboxylic acids is 2. The molecule has 0 unspecified atom stereocenters. The molecule has 0 saturated heterocycles. The van der Waals surface area contributed by atoms with Gasteiger partial charge in [-0.1, -0.05) is 41.5 Å². The van der Waals surface area contributed by atoms with Crippen LogP contribution in [0.3, 0.4) is 0 Å². The van der Waals surface area contributed by atoms with Crippen molar-refractivity contribution in [1.82, 2.24) is 5.32 Å². The van der Waals surface area contributed by atoms with Gasteiger partial charge in [0.25, 0.3) is 0 Å². The van der Waals surface area contributed by atoms with Gasteiger partial charge in [-0.3, -0.25) is 9.59 Å². The molecule has 0 bridgehead atoms. The number of Topliss-reactive ketones (excluding diaryl/α,β-unsaturated/α-hetero) is 1. The number of nitrogens with one attached hydrogen (secondary N) is 2. The lowest BCUT2D eigenvalue weighted by Crippen LogP contribution is -2.29. The van der Waals surface area contributed by atoms with Crippen molar-refractivity contribution in [1.29, 1.82) is 5.26 Å². The van der Waals surface area contributed by atoms with Gasteiger partial charge in [0.05, 0.1) is 22.4 Å². The van der Waals surface area contributed by atoms with E-state index in [9.17, 15) is 14.9 Å². The van der Waals surface area contributed by atoms with Crippen LogP contribution in [0.5, 0.6) is 0 Å². The zero-order valence-electron chi connectivity index (χ0n) is 16.4. The number of halogens is 1. The molecule has 1 amide bonds. The molecule has 0 radical (unpaired) electrons. The van der Waals surface area contributed by atoms with Crippen molar-refractivity contribution >= 4 is 45.1 Å². The Labute approximate surface area is 178 Å². The highest BCUT2D eigenvalue weighted by Gasteiger charge is 2.32. The summed E-state index contributed by atoms with van der Waals surface area (Å²) in [5, 5.41) is 16.4. The van der Waals surface area contributed by atoms with Crippen LogP contribution in [0.2, 0.25) is 0 Å². The average Bonchev–Trinajstić information content (AvgIpc) is 2.61. The maximum absolute atomic E-state index is 12.3. The molecule has 1 aliphatic heterocycles. The molecule has 28 heavy (non-hydrogen) atoms. The van der Waals surface area contributed by atoms with E-state index in [4.69, 9.17) is 0 Å². The van der Waals surface area contributed by atoms with E-state index in [1.165, 1.54) is 18.7 Å². The van der Waals surface area contributed by atoms with Gasteiger partial charge in [0.15, 0.2) is 5.78 Å². The Bertz CT molecular complexity index is 867. The first-order valence-corrected chi connectivity index (χ1v) is 10.8. The molecule has 0 aromatic heterocycles. The van der Waals surface area contributed by atoms with Gasteiger partial charge >= 0.3 is 0 Å². The largest absolute Gasteiger partial charge is 0.353 e. The van der Waals surface area contributed by atoms with Gasteiger partial charge in [0.2, 0.25) is 5.91 Å². The van der Waals surface area contributed by atoms with Crippen molar-refractivity contribution in [2.45, 2.75) is 34.1 Å². The minimum absolute atomic E-state index is 0.0274. The van der Waals surface area contributed by atoms with Crippen LogP contribution in [0.25, 0.3) is 0 Å². The van der Waals surface area contributed by atoms with Crippen molar-refractivity contribution < 1.29 is 9.59 Å². The number of benzene rings is 1. The van der Waals surface area contributed by atoms with E-state index in [-0.39, 0.29) is 23.4 Å². The Morgan fingerprint density at radius 2 is 1.96 bits per heavy atom. The van der Waals surface area contributed by atoms with Crippen molar-refractivity contribution in [2.24, 2.45) is 11.8 Å². The van der Waals surface area contributed by atoms with E-state index < -0.39 is 0 Å². The zero-order chi connectivity index (χ0) is 20.8. The highest BCUT2D eigenvalue weighted by Crippen LogP contribution is 2.37. The SMILES string of the molecule is CC(=O)C1=C(C)NC(SCC(=O)Nc2ccc(Br)cc2)=C(C#N)[C@H]1CC(C)C. The molecule has 0 fully saturated rings. The number of hydrogen-bond acceptors (Lipinski definition) is 5. The lowest BCUT2D eigenvalue weighted by molar-refractivity contribution is -0.114. The van der Waals surface area contributed by atoms with E-state index in [0.29, 0.717) is 34.2 Å². The number of ketones is 1. The topological polar surface area (TPSA) is 82.0 Å². The fourth-order valence-corrected chi connectivity index (χ4v) is 4.38. The van der Waals surface area contributed by atoms with Gasteiger partial charge in [0.1, 0.15) is 0 Å². The number of thioether (sulfide) groups is 1. The first-order chi connectivity index (χ1) is 13.2. The Kier molecular flexibility index (Phi) is 7.90. The number of carbonyl (C=O) groups is 2. The van der Waals surface area contributed by atoms with Gasteiger partial charge in [-0.2, -0.15) is 5.26 Å². The Balaban J connectivity index is 2.16. The van der Waals surface area contributed by atoms with Gasteiger partial charge in [-0.05, 0) is 50.5 Å². The minimum Gasteiger partial charge on any atom is -0.353 e. The van der Waals surface area contributed by atoms with Crippen LogP contribution in [-0.4, -0.2) is 17.4 Å². The molecule has 5 nitrogen and oxygen atoms in total. The summed E-state index contributed by atoms with van der Waals surface area (Å²) in [6, 6.07) is 9.61. The molecular weight excluding hydrogens is 438 g/mol. The number of nitriles is 1. The first-order valence-electron chi connectivity index (χ1n) is 9.04. The smallest absolute Gasteiger partial charge is 0.234 e. The van der Waals surface area contributed by atoms with Crippen LogP contribution < -0.4 is 10.6 Å². The van der Waals surface area contributed by atoms with Gasteiger partial charge in [0, 0.05) is 27.3 Å². The Hall–Kier alpha value is -2.04. The molecule has 1 aliphatic rings. The molecule has 148 valence electrons. The predicted molar refractivity (Wildman–Crippen MR) is 117 cm³/mol. The number of anilines is 1. The van der Waals surface area contributed by atoms with Crippen LogP contribution in [0, 0.1) is 23.2 Å². The molecule has 7 heteroatoms. The Morgan fingerprint density at radius 3 is 2.50 bits per heavy atom. The molecule has 0 spiro atoms. The lowest BCUT2D eigenvalue weighted by Gasteiger charge is -2.30. The van der Waals surface area contributed by atoms with Gasteiger partial charge in [-0.25, -0.2) is 0 Å². The number of nitrogens with zero attached hydrogens (tertiary/aromatic N) is 1. The molecule has 1 aromatic rings. The monoisotopic (exact) mass is 461 g/mol. The second kappa shape index (κ2) is 9.94. The third-order valence-corrected chi connectivity index (χ3v) is 5.87. The third kappa shape index (κ3) is 5.73.